The van der Waals surface area contributed by atoms with Crippen LogP contribution in [0.25, 0.3) is 10.8 Å². The Morgan fingerprint density at radius 3 is 2.23 bits per heavy atom. The predicted molar refractivity (Wildman–Crippen MR) is 143 cm³/mol. The number of aryl methyl sites for hydroxylation is 2. The number of benzene rings is 4. The summed E-state index contributed by atoms with van der Waals surface area (Å²) in [5.41, 5.74) is 2.87. The lowest BCUT2D eigenvalue weighted by Crippen LogP contribution is -2.47. The van der Waals surface area contributed by atoms with E-state index in [1.54, 1.807) is 6.07 Å². The summed E-state index contributed by atoms with van der Waals surface area (Å²) in [6.45, 7) is 0.551. The molecule has 4 nitrogen and oxygen atoms in total. The molecule has 1 atom stereocenters. The third-order valence-corrected chi connectivity index (χ3v) is 6.33. The third kappa shape index (κ3) is 6.93. The van der Waals surface area contributed by atoms with E-state index in [1.807, 2.05) is 78.9 Å². The molecular formula is C30H29ClN2O2. The quantitative estimate of drug-likeness (QED) is 0.272. The molecule has 0 unspecified atom stereocenters. The highest BCUT2D eigenvalue weighted by Gasteiger charge is 2.22. The van der Waals surface area contributed by atoms with Crippen LogP contribution in [0.5, 0.6) is 0 Å². The lowest BCUT2D eigenvalue weighted by Gasteiger charge is -2.19. The van der Waals surface area contributed by atoms with E-state index in [0.29, 0.717) is 30.0 Å². The van der Waals surface area contributed by atoms with Crippen LogP contribution < -0.4 is 10.6 Å². The van der Waals surface area contributed by atoms with Crippen molar-refractivity contribution in [3.8, 4) is 0 Å². The summed E-state index contributed by atoms with van der Waals surface area (Å²) in [5.74, 6) is -0.414. The van der Waals surface area contributed by atoms with Crippen LogP contribution in [0.15, 0.2) is 97.1 Å². The molecule has 0 spiro atoms. The van der Waals surface area contributed by atoms with Gasteiger partial charge in [-0.05, 0) is 65.8 Å². The first kappa shape index (κ1) is 24.5. The summed E-state index contributed by atoms with van der Waals surface area (Å²) in [6, 6.07) is 30.5. The van der Waals surface area contributed by atoms with Gasteiger partial charge in [0, 0.05) is 17.1 Å². The van der Waals surface area contributed by atoms with Crippen molar-refractivity contribution >= 4 is 34.2 Å². The Hall–Kier alpha value is -3.63. The zero-order valence-corrected chi connectivity index (χ0v) is 20.3. The first-order valence-corrected chi connectivity index (χ1v) is 12.3. The van der Waals surface area contributed by atoms with Gasteiger partial charge in [-0.1, -0.05) is 90.5 Å². The minimum absolute atomic E-state index is 0.166. The minimum Gasteiger partial charge on any atom is -0.354 e. The number of rotatable bonds is 10. The molecule has 0 bridgehead atoms. The Bertz CT molecular complexity index is 1270. The summed E-state index contributed by atoms with van der Waals surface area (Å²) in [5, 5.41) is 8.53. The summed E-state index contributed by atoms with van der Waals surface area (Å²) in [4.78, 5) is 26.3. The molecule has 0 heterocycles. The van der Waals surface area contributed by atoms with Crippen molar-refractivity contribution in [1.29, 1.82) is 0 Å². The molecule has 35 heavy (non-hydrogen) atoms. The Morgan fingerprint density at radius 2 is 1.43 bits per heavy atom. The van der Waals surface area contributed by atoms with Crippen LogP contribution in [-0.4, -0.2) is 24.4 Å². The molecule has 0 aliphatic carbocycles. The van der Waals surface area contributed by atoms with Crippen molar-refractivity contribution < 1.29 is 9.59 Å². The van der Waals surface area contributed by atoms with Gasteiger partial charge < -0.3 is 10.6 Å². The van der Waals surface area contributed by atoms with Crippen molar-refractivity contribution in [2.75, 3.05) is 6.54 Å². The van der Waals surface area contributed by atoms with Gasteiger partial charge in [-0.3, -0.25) is 9.59 Å². The van der Waals surface area contributed by atoms with Crippen LogP contribution in [0, 0.1) is 0 Å². The number of amides is 2. The highest BCUT2D eigenvalue weighted by Crippen LogP contribution is 2.19. The van der Waals surface area contributed by atoms with Crippen molar-refractivity contribution in [3.63, 3.8) is 0 Å². The first-order chi connectivity index (χ1) is 17.1. The number of hydrogen-bond acceptors (Lipinski definition) is 2. The van der Waals surface area contributed by atoms with E-state index in [0.717, 1.165) is 29.2 Å². The standard InChI is InChI=1S/C30H29ClN2O2/c31-25-18-15-23(16-19-25)17-20-28(30(35)32-21-7-10-22-8-2-1-3-9-22)33-29(34)27-14-6-12-24-11-4-5-13-26(24)27/h1-6,8-9,11-16,18-19,28H,7,10,17,20-21H2,(H,32,35)(H,33,34)/t28-/m0/s1. The number of nitrogens with one attached hydrogen (secondary N) is 2. The maximum Gasteiger partial charge on any atom is 0.252 e. The van der Waals surface area contributed by atoms with Crippen molar-refractivity contribution in [1.82, 2.24) is 10.6 Å². The minimum atomic E-state index is -0.645. The molecule has 2 N–H and O–H groups in total. The van der Waals surface area contributed by atoms with Gasteiger partial charge >= 0.3 is 0 Å². The molecule has 5 heteroatoms. The second kappa shape index (κ2) is 12.2. The summed E-state index contributed by atoms with van der Waals surface area (Å²) >= 11 is 6.00. The molecule has 0 fully saturated rings. The van der Waals surface area contributed by atoms with Gasteiger partial charge in [-0.2, -0.15) is 0 Å². The number of halogens is 1. The molecule has 0 aromatic heterocycles. The summed E-state index contributed by atoms with van der Waals surface area (Å²) < 4.78 is 0. The van der Waals surface area contributed by atoms with Crippen LogP contribution >= 0.6 is 11.6 Å². The van der Waals surface area contributed by atoms with Gasteiger partial charge in [0.1, 0.15) is 6.04 Å². The lowest BCUT2D eigenvalue weighted by molar-refractivity contribution is -0.123. The van der Waals surface area contributed by atoms with Gasteiger partial charge in [-0.25, -0.2) is 0 Å². The second-order valence-corrected chi connectivity index (χ2v) is 9.03. The Labute approximate surface area is 211 Å². The molecule has 2 amide bonds. The van der Waals surface area contributed by atoms with Crippen LogP contribution in [0.4, 0.5) is 0 Å². The molecule has 0 aliphatic rings. The van der Waals surface area contributed by atoms with Crippen LogP contribution in [-0.2, 0) is 17.6 Å². The molecular weight excluding hydrogens is 456 g/mol. The SMILES string of the molecule is O=C(N[C@@H](CCc1ccc(Cl)cc1)C(=O)NCCCc1ccccc1)c1cccc2ccccc12. The number of hydrogen-bond donors (Lipinski definition) is 2. The molecule has 178 valence electrons. The topological polar surface area (TPSA) is 58.2 Å². The molecule has 0 saturated heterocycles. The van der Waals surface area contributed by atoms with Gasteiger partial charge in [0.25, 0.3) is 5.91 Å². The fourth-order valence-electron chi connectivity index (χ4n) is 4.16. The van der Waals surface area contributed by atoms with E-state index < -0.39 is 6.04 Å². The fourth-order valence-corrected chi connectivity index (χ4v) is 4.29. The number of fused-ring (bicyclic) bond motifs is 1. The molecule has 0 radical (unpaired) electrons. The highest BCUT2D eigenvalue weighted by molar-refractivity contribution is 6.30. The third-order valence-electron chi connectivity index (χ3n) is 6.08. The van der Waals surface area contributed by atoms with E-state index in [4.69, 9.17) is 11.6 Å². The zero-order valence-electron chi connectivity index (χ0n) is 19.5. The zero-order chi connectivity index (χ0) is 24.5. The van der Waals surface area contributed by atoms with Crippen molar-refractivity contribution in [2.45, 2.75) is 31.7 Å². The average Bonchev–Trinajstić information content (AvgIpc) is 2.90. The Morgan fingerprint density at radius 1 is 0.743 bits per heavy atom. The Kier molecular flexibility index (Phi) is 8.53. The molecule has 4 rings (SSSR count). The normalized spacial score (nSPS) is 11.7. The second-order valence-electron chi connectivity index (χ2n) is 8.60. The maximum atomic E-state index is 13.2. The van der Waals surface area contributed by atoms with E-state index in [2.05, 4.69) is 22.8 Å². The number of carbonyl (C=O) groups excluding carboxylic acids is 2. The van der Waals surface area contributed by atoms with E-state index in [-0.39, 0.29) is 11.8 Å². The summed E-state index contributed by atoms with van der Waals surface area (Å²) in [7, 11) is 0. The van der Waals surface area contributed by atoms with E-state index >= 15 is 0 Å². The van der Waals surface area contributed by atoms with Gasteiger partial charge in [0.15, 0.2) is 0 Å². The monoisotopic (exact) mass is 484 g/mol. The van der Waals surface area contributed by atoms with Crippen LogP contribution in [0.2, 0.25) is 5.02 Å². The fraction of sp³-hybridized carbons (Fsp3) is 0.200. The average molecular weight is 485 g/mol. The van der Waals surface area contributed by atoms with Crippen LogP contribution in [0.1, 0.15) is 34.3 Å². The molecule has 0 aliphatic heterocycles. The smallest absolute Gasteiger partial charge is 0.252 e. The van der Waals surface area contributed by atoms with Crippen LogP contribution in [0.3, 0.4) is 0 Å². The Balaban J connectivity index is 1.42. The molecule has 4 aromatic rings. The molecule has 4 aromatic carbocycles. The lowest BCUT2D eigenvalue weighted by atomic mass is 10.0. The maximum absolute atomic E-state index is 13.2. The van der Waals surface area contributed by atoms with Gasteiger partial charge in [0.2, 0.25) is 5.91 Å². The largest absolute Gasteiger partial charge is 0.354 e. The van der Waals surface area contributed by atoms with Crippen molar-refractivity contribution in [3.05, 3.63) is 119 Å². The van der Waals surface area contributed by atoms with E-state index in [9.17, 15) is 9.59 Å². The van der Waals surface area contributed by atoms with E-state index in [1.165, 1.54) is 5.56 Å². The van der Waals surface area contributed by atoms with Gasteiger partial charge in [-0.15, -0.1) is 0 Å². The first-order valence-electron chi connectivity index (χ1n) is 11.9. The van der Waals surface area contributed by atoms with Gasteiger partial charge in [0.05, 0.1) is 0 Å². The predicted octanol–water partition coefficient (Wildman–Crippen LogP) is 5.97. The highest BCUT2D eigenvalue weighted by atomic mass is 35.5. The van der Waals surface area contributed by atoms with Crippen molar-refractivity contribution in [2.24, 2.45) is 0 Å². The summed E-state index contributed by atoms with van der Waals surface area (Å²) in [6.07, 6.45) is 2.85. The molecule has 0 saturated carbocycles. The number of carbonyl (C=O) groups is 2.